The Morgan fingerprint density at radius 1 is 1.07 bits per heavy atom. The molecule has 0 radical (unpaired) electrons. The predicted molar refractivity (Wildman–Crippen MR) is 107 cm³/mol. The quantitative estimate of drug-likeness (QED) is 0.801. The molecule has 3 rings (SSSR count). The molecule has 0 aromatic heterocycles. The van der Waals surface area contributed by atoms with Crippen molar-refractivity contribution >= 4 is 11.6 Å². The molecule has 0 spiro atoms. The number of carbonyl (C=O) groups excluding carboxylic acids is 1. The van der Waals surface area contributed by atoms with Gasteiger partial charge in [0, 0.05) is 6.04 Å². The van der Waals surface area contributed by atoms with E-state index in [0.717, 1.165) is 17.1 Å². The van der Waals surface area contributed by atoms with Crippen molar-refractivity contribution in [2.24, 2.45) is 5.92 Å². The molecule has 0 fully saturated rings. The van der Waals surface area contributed by atoms with Crippen molar-refractivity contribution in [3.05, 3.63) is 53.6 Å². The van der Waals surface area contributed by atoms with Crippen LogP contribution < -0.4 is 20.1 Å². The summed E-state index contributed by atoms with van der Waals surface area (Å²) in [6.07, 6.45) is 0. The number of benzene rings is 2. The Kier molecular flexibility index (Phi) is 6.17. The van der Waals surface area contributed by atoms with Crippen molar-refractivity contribution in [1.82, 2.24) is 5.32 Å². The van der Waals surface area contributed by atoms with Crippen LogP contribution in [0.3, 0.4) is 0 Å². The van der Waals surface area contributed by atoms with Gasteiger partial charge in [0.15, 0.2) is 11.5 Å². The molecule has 2 aromatic carbocycles. The topological polar surface area (TPSA) is 83.4 Å². The van der Waals surface area contributed by atoms with Gasteiger partial charge in [-0.3, -0.25) is 10.1 Å². The van der Waals surface area contributed by atoms with E-state index in [1.165, 1.54) is 0 Å². The largest absolute Gasteiger partial charge is 0.486 e. The van der Waals surface area contributed by atoms with E-state index < -0.39 is 6.04 Å². The molecule has 2 N–H and O–H groups in total. The SMILES string of the molecule is CC(C)[C@H](N[C@@H](C)C(=O)Nc1ccccc1C#N)c1ccc2c(c1)OCCO2. The zero-order valence-corrected chi connectivity index (χ0v) is 16.4. The highest BCUT2D eigenvalue weighted by molar-refractivity contribution is 5.95. The summed E-state index contributed by atoms with van der Waals surface area (Å²) >= 11 is 0. The summed E-state index contributed by atoms with van der Waals surface area (Å²) in [7, 11) is 0. The Hall–Kier alpha value is -3.04. The van der Waals surface area contributed by atoms with Crippen molar-refractivity contribution in [1.29, 1.82) is 5.26 Å². The summed E-state index contributed by atoms with van der Waals surface area (Å²) in [5.41, 5.74) is 2.00. The van der Waals surface area contributed by atoms with Gasteiger partial charge in [0.1, 0.15) is 19.3 Å². The Labute approximate surface area is 165 Å². The molecule has 28 heavy (non-hydrogen) atoms. The first-order chi connectivity index (χ1) is 13.5. The molecule has 0 saturated heterocycles. The van der Waals surface area contributed by atoms with E-state index in [2.05, 4.69) is 30.6 Å². The maximum atomic E-state index is 12.7. The lowest BCUT2D eigenvalue weighted by molar-refractivity contribution is -0.118. The molecule has 0 saturated carbocycles. The molecule has 0 unspecified atom stereocenters. The Balaban J connectivity index is 1.73. The lowest BCUT2D eigenvalue weighted by Crippen LogP contribution is -2.41. The smallest absolute Gasteiger partial charge is 0.241 e. The van der Waals surface area contributed by atoms with E-state index in [-0.39, 0.29) is 17.9 Å². The molecule has 2 aromatic rings. The summed E-state index contributed by atoms with van der Waals surface area (Å²) in [5.74, 6) is 1.54. The Bertz CT molecular complexity index is 889. The number of hydrogen-bond donors (Lipinski definition) is 2. The number of nitrogens with one attached hydrogen (secondary N) is 2. The third kappa shape index (κ3) is 4.44. The molecule has 6 heteroatoms. The number of nitriles is 1. The average Bonchev–Trinajstić information content (AvgIpc) is 2.71. The minimum absolute atomic E-state index is 0.0391. The molecule has 1 aliphatic heterocycles. The maximum absolute atomic E-state index is 12.7. The van der Waals surface area contributed by atoms with Crippen molar-refractivity contribution in [3.8, 4) is 17.6 Å². The fourth-order valence-electron chi connectivity index (χ4n) is 3.20. The second-order valence-electron chi connectivity index (χ2n) is 7.16. The number of ether oxygens (including phenoxy) is 2. The van der Waals surface area contributed by atoms with Gasteiger partial charge in [-0.25, -0.2) is 0 Å². The molecular formula is C22H25N3O3. The summed E-state index contributed by atoms with van der Waals surface area (Å²) in [6, 6.07) is 14.5. The van der Waals surface area contributed by atoms with E-state index >= 15 is 0 Å². The average molecular weight is 379 g/mol. The van der Waals surface area contributed by atoms with Crippen molar-refractivity contribution < 1.29 is 14.3 Å². The van der Waals surface area contributed by atoms with Crippen LogP contribution in [-0.4, -0.2) is 25.2 Å². The van der Waals surface area contributed by atoms with Gasteiger partial charge in [-0.15, -0.1) is 0 Å². The standard InChI is InChI=1S/C22H25N3O3/c1-14(2)21(16-8-9-19-20(12-16)28-11-10-27-19)24-15(3)22(26)25-18-7-5-4-6-17(18)13-23/h4-9,12,14-15,21,24H,10-11H2,1-3H3,(H,25,26)/t15-,21-/m0/s1. The van der Waals surface area contributed by atoms with Crippen LogP contribution in [0, 0.1) is 17.2 Å². The van der Waals surface area contributed by atoms with Crippen molar-refractivity contribution in [3.63, 3.8) is 0 Å². The number of carbonyl (C=O) groups is 1. The van der Waals surface area contributed by atoms with Gasteiger partial charge in [0.25, 0.3) is 0 Å². The van der Waals surface area contributed by atoms with Crippen LogP contribution >= 0.6 is 0 Å². The normalized spacial score (nSPS) is 14.8. The zero-order chi connectivity index (χ0) is 20.1. The first-order valence-corrected chi connectivity index (χ1v) is 9.45. The van der Waals surface area contributed by atoms with Crippen LogP contribution in [-0.2, 0) is 4.79 Å². The van der Waals surface area contributed by atoms with Gasteiger partial charge >= 0.3 is 0 Å². The second kappa shape index (κ2) is 8.77. The van der Waals surface area contributed by atoms with Crippen LogP contribution in [0.1, 0.15) is 37.9 Å². The minimum atomic E-state index is -0.452. The zero-order valence-electron chi connectivity index (χ0n) is 16.4. The molecular weight excluding hydrogens is 354 g/mol. The molecule has 1 heterocycles. The third-order valence-electron chi connectivity index (χ3n) is 4.72. The summed E-state index contributed by atoms with van der Waals surface area (Å²) in [5, 5.41) is 15.4. The van der Waals surface area contributed by atoms with E-state index in [1.54, 1.807) is 24.3 Å². The van der Waals surface area contributed by atoms with Gasteiger partial charge < -0.3 is 14.8 Å². The van der Waals surface area contributed by atoms with E-state index in [1.807, 2.05) is 25.1 Å². The first kappa shape index (κ1) is 19.7. The highest BCUT2D eigenvalue weighted by Crippen LogP contribution is 2.34. The van der Waals surface area contributed by atoms with Gasteiger partial charge in [-0.05, 0) is 42.7 Å². The summed E-state index contributed by atoms with van der Waals surface area (Å²) < 4.78 is 11.3. The molecule has 1 aliphatic rings. The highest BCUT2D eigenvalue weighted by atomic mass is 16.6. The molecule has 0 aliphatic carbocycles. The van der Waals surface area contributed by atoms with Crippen molar-refractivity contribution in [2.45, 2.75) is 32.9 Å². The van der Waals surface area contributed by atoms with Gasteiger partial charge in [0.05, 0.1) is 17.3 Å². The molecule has 2 atom stereocenters. The molecule has 1 amide bonds. The second-order valence-corrected chi connectivity index (χ2v) is 7.16. The fourth-order valence-corrected chi connectivity index (χ4v) is 3.20. The van der Waals surface area contributed by atoms with Gasteiger partial charge in [-0.2, -0.15) is 5.26 Å². The number of nitrogens with zero attached hydrogens (tertiary/aromatic N) is 1. The number of hydrogen-bond acceptors (Lipinski definition) is 5. The number of para-hydroxylation sites is 1. The highest BCUT2D eigenvalue weighted by Gasteiger charge is 2.24. The minimum Gasteiger partial charge on any atom is -0.486 e. The van der Waals surface area contributed by atoms with E-state index in [0.29, 0.717) is 24.5 Å². The molecule has 0 bridgehead atoms. The van der Waals surface area contributed by atoms with Crippen LogP contribution in [0.5, 0.6) is 11.5 Å². The van der Waals surface area contributed by atoms with Crippen LogP contribution in [0.2, 0.25) is 0 Å². The summed E-state index contributed by atoms with van der Waals surface area (Å²) in [4.78, 5) is 12.7. The first-order valence-electron chi connectivity index (χ1n) is 9.45. The van der Waals surface area contributed by atoms with Gasteiger partial charge in [-0.1, -0.05) is 32.0 Å². The van der Waals surface area contributed by atoms with Crippen LogP contribution in [0.15, 0.2) is 42.5 Å². The maximum Gasteiger partial charge on any atom is 0.241 e. The van der Waals surface area contributed by atoms with E-state index in [9.17, 15) is 10.1 Å². The van der Waals surface area contributed by atoms with E-state index in [4.69, 9.17) is 9.47 Å². The number of amides is 1. The lowest BCUT2D eigenvalue weighted by atomic mass is 9.94. The number of anilines is 1. The number of rotatable bonds is 6. The third-order valence-corrected chi connectivity index (χ3v) is 4.72. The Morgan fingerprint density at radius 3 is 2.50 bits per heavy atom. The monoisotopic (exact) mass is 379 g/mol. The predicted octanol–water partition coefficient (Wildman–Crippen LogP) is 3.64. The lowest BCUT2D eigenvalue weighted by Gasteiger charge is -2.28. The van der Waals surface area contributed by atoms with Gasteiger partial charge in [0.2, 0.25) is 5.91 Å². The summed E-state index contributed by atoms with van der Waals surface area (Å²) in [6.45, 7) is 7.11. The molecule has 6 nitrogen and oxygen atoms in total. The van der Waals surface area contributed by atoms with Crippen LogP contribution in [0.25, 0.3) is 0 Å². The fraction of sp³-hybridized carbons (Fsp3) is 0.364. The van der Waals surface area contributed by atoms with Crippen LogP contribution in [0.4, 0.5) is 5.69 Å². The van der Waals surface area contributed by atoms with Crippen molar-refractivity contribution in [2.75, 3.05) is 18.5 Å². The molecule has 146 valence electrons. The Morgan fingerprint density at radius 2 is 1.79 bits per heavy atom. The number of fused-ring (bicyclic) bond motifs is 1.